The average molecular weight is 242 g/mol. The second-order valence-corrected chi connectivity index (χ2v) is 3.94. The van der Waals surface area contributed by atoms with Crippen LogP contribution in [-0.2, 0) is 6.54 Å². The highest BCUT2D eigenvalue weighted by molar-refractivity contribution is 5.99. The van der Waals surface area contributed by atoms with Crippen molar-refractivity contribution in [3.63, 3.8) is 0 Å². The normalized spacial score (nSPS) is 10.0. The molecule has 4 nitrogen and oxygen atoms in total. The molecule has 0 aliphatic carbocycles. The Morgan fingerprint density at radius 2 is 1.89 bits per heavy atom. The molecule has 2 aromatic carbocycles. The summed E-state index contributed by atoms with van der Waals surface area (Å²) in [5.41, 5.74) is 7.32. The molecule has 0 saturated heterocycles. The first-order valence-corrected chi connectivity index (χ1v) is 5.57. The van der Waals surface area contributed by atoms with Crippen molar-refractivity contribution in [1.29, 1.82) is 0 Å². The number of rotatable bonds is 3. The Bertz CT molecular complexity index is 553. The average Bonchev–Trinajstić information content (AvgIpc) is 2.40. The monoisotopic (exact) mass is 242 g/mol. The molecule has 4 heteroatoms. The molecule has 2 aromatic rings. The maximum absolute atomic E-state index is 11.9. The number of anilines is 1. The first-order chi connectivity index (χ1) is 8.66. The number of hydrogen-bond acceptors (Lipinski definition) is 3. The minimum absolute atomic E-state index is 0.0223. The van der Waals surface area contributed by atoms with Gasteiger partial charge >= 0.3 is 0 Å². The van der Waals surface area contributed by atoms with Gasteiger partial charge in [0, 0.05) is 12.2 Å². The van der Waals surface area contributed by atoms with E-state index >= 15 is 0 Å². The van der Waals surface area contributed by atoms with Crippen LogP contribution in [0.3, 0.4) is 0 Å². The van der Waals surface area contributed by atoms with Gasteiger partial charge < -0.3 is 16.2 Å². The summed E-state index contributed by atoms with van der Waals surface area (Å²) in [6, 6.07) is 13.9. The summed E-state index contributed by atoms with van der Waals surface area (Å²) in [7, 11) is 0. The van der Waals surface area contributed by atoms with Gasteiger partial charge in [-0.1, -0.05) is 30.3 Å². The van der Waals surface area contributed by atoms with Gasteiger partial charge in [-0.2, -0.15) is 0 Å². The molecular weight excluding hydrogens is 228 g/mol. The number of hydrogen-bond donors (Lipinski definition) is 3. The van der Waals surface area contributed by atoms with Gasteiger partial charge in [0.25, 0.3) is 5.91 Å². The summed E-state index contributed by atoms with van der Waals surface area (Å²) >= 11 is 0. The molecule has 0 aliphatic heterocycles. The van der Waals surface area contributed by atoms with Crippen LogP contribution >= 0.6 is 0 Å². The highest BCUT2D eigenvalue weighted by Crippen LogP contribution is 2.18. The molecule has 1 amide bonds. The van der Waals surface area contributed by atoms with Crippen LogP contribution in [0.2, 0.25) is 0 Å². The molecule has 4 N–H and O–H groups in total. The Labute approximate surface area is 105 Å². The van der Waals surface area contributed by atoms with Gasteiger partial charge in [0.05, 0.1) is 5.56 Å². The Balaban J connectivity index is 2.06. The Morgan fingerprint density at radius 3 is 2.61 bits per heavy atom. The molecule has 0 atom stereocenters. The lowest BCUT2D eigenvalue weighted by molar-refractivity contribution is 0.0951. The van der Waals surface area contributed by atoms with E-state index in [9.17, 15) is 9.90 Å². The molecule has 0 aromatic heterocycles. The van der Waals surface area contributed by atoms with Crippen molar-refractivity contribution >= 4 is 11.6 Å². The van der Waals surface area contributed by atoms with Crippen LogP contribution in [0.5, 0.6) is 5.75 Å². The van der Waals surface area contributed by atoms with Crippen LogP contribution in [0.1, 0.15) is 15.9 Å². The van der Waals surface area contributed by atoms with E-state index in [1.807, 2.05) is 30.3 Å². The fraction of sp³-hybridized carbons (Fsp3) is 0.0714. The van der Waals surface area contributed by atoms with Crippen molar-refractivity contribution < 1.29 is 9.90 Å². The number of amides is 1. The van der Waals surface area contributed by atoms with Crippen molar-refractivity contribution in [3.8, 4) is 5.75 Å². The van der Waals surface area contributed by atoms with Crippen molar-refractivity contribution in [2.75, 3.05) is 5.73 Å². The fourth-order valence-corrected chi connectivity index (χ4v) is 1.61. The minimum Gasteiger partial charge on any atom is -0.508 e. The van der Waals surface area contributed by atoms with E-state index < -0.39 is 0 Å². The molecule has 0 aliphatic rings. The van der Waals surface area contributed by atoms with E-state index in [4.69, 9.17) is 5.73 Å². The number of nitrogens with one attached hydrogen (secondary N) is 1. The van der Waals surface area contributed by atoms with E-state index in [1.54, 1.807) is 0 Å². The SMILES string of the molecule is Nc1ccc(O)cc1C(=O)NCc1ccccc1. The van der Waals surface area contributed by atoms with E-state index in [0.717, 1.165) is 5.56 Å². The van der Waals surface area contributed by atoms with Gasteiger partial charge in [-0.05, 0) is 23.8 Å². The fourth-order valence-electron chi connectivity index (χ4n) is 1.61. The van der Waals surface area contributed by atoms with Gasteiger partial charge in [0.2, 0.25) is 0 Å². The molecule has 0 bridgehead atoms. The van der Waals surface area contributed by atoms with E-state index in [1.165, 1.54) is 18.2 Å². The summed E-state index contributed by atoms with van der Waals surface area (Å²) in [5.74, 6) is -0.277. The molecule has 0 unspecified atom stereocenters. The van der Waals surface area contributed by atoms with Crippen LogP contribution in [0.25, 0.3) is 0 Å². The van der Waals surface area contributed by atoms with Gasteiger partial charge in [-0.25, -0.2) is 0 Å². The third kappa shape index (κ3) is 2.79. The number of benzene rings is 2. The number of phenolic OH excluding ortho intramolecular Hbond substituents is 1. The topological polar surface area (TPSA) is 75.3 Å². The van der Waals surface area contributed by atoms with Crippen molar-refractivity contribution in [3.05, 3.63) is 59.7 Å². The van der Waals surface area contributed by atoms with Crippen LogP contribution < -0.4 is 11.1 Å². The highest BCUT2D eigenvalue weighted by atomic mass is 16.3. The van der Waals surface area contributed by atoms with Crippen LogP contribution in [0.15, 0.2) is 48.5 Å². The standard InChI is InChI=1S/C14H14N2O2/c15-13-7-6-11(17)8-12(13)14(18)16-9-10-4-2-1-3-5-10/h1-8,17H,9,15H2,(H,16,18). The summed E-state index contributed by atoms with van der Waals surface area (Å²) in [6.07, 6.45) is 0. The number of nitrogens with two attached hydrogens (primary N) is 1. The molecule has 0 radical (unpaired) electrons. The number of carbonyl (C=O) groups is 1. The predicted octanol–water partition coefficient (Wildman–Crippen LogP) is 1.90. The summed E-state index contributed by atoms with van der Waals surface area (Å²) in [5, 5.41) is 12.1. The smallest absolute Gasteiger partial charge is 0.253 e. The maximum atomic E-state index is 11.9. The van der Waals surface area contributed by atoms with E-state index in [-0.39, 0.29) is 17.2 Å². The van der Waals surface area contributed by atoms with Gasteiger partial charge in [0.15, 0.2) is 0 Å². The van der Waals surface area contributed by atoms with Crippen molar-refractivity contribution in [1.82, 2.24) is 5.32 Å². The van der Waals surface area contributed by atoms with Gasteiger partial charge in [-0.15, -0.1) is 0 Å². The maximum Gasteiger partial charge on any atom is 0.253 e. The molecule has 0 spiro atoms. The molecule has 0 fully saturated rings. The first kappa shape index (κ1) is 12.0. The zero-order valence-corrected chi connectivity index (χ0v) is 9.76. The molecule has 0 heterocycles. The lowest BCUT2D eigenvalue weighted by atomic mass is 10.1. The first-order valence-electron chi connectivity index (χ1n) is 5.57. The van der Waals surface area contributed by atoms with Gasteiger partial charge in [-0.3, -0.25) is 4.79 Å². The number of carbonyl (C=O) groups excluding carboxylic acids is 1. The lowest BCUT2D eigenvalue weighted by Gasteiger charge is -2.08. The Hall–Kier alpha value is -2.49. The largest absolute Gasteiger partial charge is 0.508 e. The second kappa shape index (κ2) is 5.23. The minimum atomic E-state index is -0.299. The van der Waals surface area contributed by atoms with Crippen molar-refractivity contribution in [2.24, 2.45) is 0 Å². The van der Waals surface area contributed by atoms with Gasteiger partial charge in [0.1, 0.15) is 5.75 Å². The molecule has 18 heavy (non-hydrogen) atoms. The van der Waals surface area contributed by atoms with Crippen LogP contribution in [0, 0.1) is 0 Å². The van der Waals surface area contributed by atoms with E-state index in [0.29, 0.717) is 12.2 Å². The molecule has 0 saturated carbocycles. The van der Waals surface area contributed by atoms with E-state index in [2.05, 4.69) is 5.32 Å². The summed E-state index contributed by atoms with van der Waals surface area (Å²) in [6.45, 7) is 0.425. The third-order valence-corrected chi connectivity index (χ3v) is 2.58. The number of phenols is 1. The van der Waals surface area contributed by atoms with Crippen LogP contribution in [0.4, 0.5) is 5.69 Å². The van der Waals surface area contributed by atoms with Crippen LogP contribution in [-0.4, -0.2) is 11.0 Å². The quantitative estimate of drug-likeness (QED) is 0.568. The second-order valence-electron chi connectivity index (χ2n) is 3.94. The zero-order valence-electron chi connectivity index (χ0n) is 9.76. The molecule has 2 rings (SSSR count). The number of aromatic hydroxyl groups is 1. The summed E-state index contributed by atoms with van der Waals surface area (Å²) < 4.78 is 0. The van der Waals surface area contributed by atoms with Crippen molar-refractivity contribution in [2.45, 2.75) is 6.54 Å². The molecular formula is C14H14N2O2. The zero-order chi connectivity index (χ0) is 13.0. The predicted molar refractivity (Wildman–Crippen MR) is 70.1 cm³/mol. The third-order valence-electron chi connectivity index (χ3n) is 2.58. The Kier molecular flexibility index (Phi) is 3.48. The number of nitrogen functional groups attached to an aromatic ring is 1. The molecule has 92 valence electrons. The Morgan fingerprint density at radius 1 is 1.17 bits per heavy atom. The highest BCUT2D eigenvalue weighted by Gasteiger charge is 2.09. The lowest BCUT2D eigenvalue weighted by Crippen LogP contribution is -2.23. The summed E-state index contributed by atoms with van der Waals surface area (Å²) in [4.78, 5) is 11.9.